The minimum atomic E-state index is -0.948. The molecule has 1 aromatic heterocycles. The lowest BCUT2D eigenvalue weighted by atomic mass is 9.85. The van der Waals surface area contributed by atoms with Gasteiger partial charge in [-0.15, -0.1) is 0 Å². The number of pyridine rings is 1. The van der Waals surface area contributed by atoms with Crippen LogP contribution in [0.1, 0.15) is 38.1 Å². The van der Waals surface area contributed by atoms with Gasteiger partial charge in [-0.1, -0.05) is 27.7 Å². The highest BCUT2D eigenvalue weighted by atomic mass is 16.4. The van der Waals surface area contributed by atoms with Gasteiger partial charge in [0.15, 0.2) is 0 Å². The number of aromatic nitrogens is 1. The number of nitrogens with zero attached hydrogens (tertiary/aromatic N) is 1. The first kappa shape index (κ1) is 14.5. The van der Waals surface area contributed by atoms with Crippen LogP contribution in [0, 0.1) is 17.8 Å². The Bertz CT molecular complexity index is 395. The molecular formula is C14H22N2O2. The van der Waals surface area contributed by atoms with Crippen molar-refractivity contribution in [3.8, 4) is 0 Å². The van der Waals surface area contributed by atoms with Crippen LogP contribution in [-0.4, -0.2) is 22.6 Å². The Labute approximate surface area is 108 Å². The van der Waals surface area contributed by atoms with E-state index in [0.717, 1.165) is 6.54 Å². The average molecular weight is 250 g/mol. The van der Waals surface area contributed by atoms with Gasteiger partial charge in [0.05, 0.1) is 0 Å². The highest BCUT2D eigenvalue weighted by Gasteiger charge is 2.18. The van der Waals surface area contributed by atoms with E-state index in [1.54, 1.807) is 18.3 Å². The summed E-state index contributed by atoms with van der Waals surface area (Å²) in [6.07, 6.45) is 1.61. The lowest BCUT2D eigenvalue weighted by Gasteiger charge is -2.25. The first-order valence-corrected chi connectivity index (χ1v) is 6.35. The van der Waals surface area contributed by atoms with Gasteiger partial charge in [-0.05, 0) is 29.9 Å². The van der Waals surface area contributed by atoms with Crippen LogP contribution in [0.5, 0.6) is 0 Å². The molecule has 0 saturated carbocycles. The normalized spacial score (nSPS) is 11.3. The van der Waals surface area contributed by atoms with Gasteiger partial charge in [0, 0.05) is 12.7 Å². The van der Waals surface area contributed by atoms with Crippen molar-refractivity contribution in [1.29, 1.82) is 0 Å². The second-order valence-corrected chi connectivity index (χ2v) is 5.24. The van der Waals surface area contributed by atoms with Crippen molar-refractivity contribution in [2.75, 3.05) is 11.9 Å². The lowest BCUT2D eigenvalue weighted by molar-refractivity contribution is 0.0697. The van der Waals surface area contributed by atoms with Crippen molar-refractivity contribution < 1.29 is 9.90 Å². The van der Waals surface area contributed by atoms with Crippen LogP contribution in [0.4, 0.5) is 5.82 Å². The first-order valence-electron chi connectivity index (χ1n) is 6.35. The summed E-state index contributed by atoms with van der Waals surface area (Å²) >= 11 is 0. The fourth-order valence-electron chi connectivity index (χ4n) is 2.17. The second-order valence-electron chi connectivity index (χ2n) is 5.24. The predicted octanol–water partition coefficient (Wildman–Crippen LogP) is 3.12. The number of hydrogen-bond acceptors (Lipinski definition) is 3. The fraction of sp³-hybridized carbons (Fsp3) is 0.571. The van der Waals surface area contributed by atoms with Crippen molar-refractivity contribution in [2.45, 2.75) is 27.7 Å². The molecule has 1 rings (SSSR count). The molecule has 0 atom stereocenters. The van der Waals surface area contributed by atoms with E-state index < -0.39 is 5.97 Å². The summed E-state index contributed by atoms with van der Waals surface area (Å²) in [6.45, 7) is 9.48. The molecule has 0 aromatic carbocycles. The van der Waals surface area contributed by atoms with E-state index in [2.05, 4.69) is 38.0 Å². The molecule has 0 aliphatic heterocycles. The predicted molar refractivity (Wildman–Crippen MR) is 72.9 cm³/mol. The minimum Gasteiger partial charge on any atom is -0.478 e. The van der Waals surface area contributed by atoms with E-state index in [1.165, 1.54) is 0 Å². The molecule has 0 unspecified atom stereocenters. The number of carboxylic acid groups (broad SMARTS) is 1. The van der Waals surface area contributed by atoms with Gasteiger partial charge >= 0.3 is 5.97 Å². The van der Waals surface area contributed by atoms with Crippen LogP contribution >= 0.6 is 0 Å². The third-order valence-electron chi connectivity index (χ3n) is 3.26. The van der Waals surface area contributed by atoms with Crippen LogP contribution in [-0.2, 0) is 0 Å². The van der Waals surface area contributed by atoms with Gasteiger partial charge in [0.2, 0.25) is 0 Å². The molecule has 4 nitrogen and oxygen atoms in total. The molecule has 2 N–H and O–H groups in total. The zero-order valence-corrected chi connectivity index (χ0v) is 11.5. The maximum Gasteiger partial charge on any atom is 0.339 e. The summed E-state index contributed by atoms with van der Waals surface area (Å²) in [7, 11) is 0. The van der Waals surface area contributed by atoms with Crippen molar-refractivity contribution >= 4 is 11.8 Å². The molecule has 0 spiro atoms. The maximum absolute atomic E-state index is 11.1. The number of hydrogen-bond donors (Lipinski definition) is 2. The van der Waals surface area contributed by atoms with Gasteiger partial charge < -0.3 is 10.4 Å². The minimum absolute atomic E-state index is 0.226. The Morgan fingerprint density at radius 2 is 1.94 bits per heavy atom. The van der Waals surface area contributed by atoms with E-state index in [9.17, 15) is 4.79 Å². The molecule has 0 aliphatic carbocycles. The fourth-order valence-corrected chi connectivity index (χ4v) is 2.17. The van der Waals surface area contributed by atoms with E-state index in [4.69, 9.17) is 5.11 Å². The third kappa shape index (κ3) is 3.72. The summed E-state index contributed by atoms with van der Waals surface area (Å²) in [5, 5.41) is 12.2. The van der Waals surface area contributed by atoms with Crippen molar-refractivity contribution in [1.82, 2.24) is 4.98 Å². The van der Waals surface area contributed by atoms with Crippen molar-refractivity contribution in [3.63, 3.8) is 0 Å². The summed E-state index contributed by atoms with van der Waals surface area (Å²) in [4.78, 5) is 15.2. The SMILES string of the molecule is CC(C)C(CNc1ncccc1C(=O)O)C(C)C. The molecular weight excluding hydrogens is 228 g/mol. The van der Waals surface area contributed by atoms with Gasteiger partial charge in [-0.3, -0.25) is 0 Å². The molecule has 0 fully saturated rings. The number of carbonyl (C=O) groups is 1. The molecule has 0 saturated heterocycles. The molecule has 0 radical (unpaired) electrons. The highest BCUT2D eigenvalue weighted by molar-refractivity contribution is 5.92. The summed E-state index contributed by atoms with van der Waals surface area (Å²) in [5.74, 6) is 1.10. The zero-order valence-electron chi connectivity index (χ0n) is 11.5. The Morgan fingerprint density at radius 1 is 1.33 bits per heavy atom. The third-order valence-corrected chi connectivity index (χ3v) is 3.26. The van der Waals surface area contributed by atoms with Gasteiger partial charge in [0.25, 0.3) is 0 Å². The van der Waals surface area contributed by atoms with Crippen LogP contribution in [0.15, 0.2) is 18.3 Å². The van der Waals surface area contributed by atoms with Crippen LogP contribution in [0.3, 0.4) is 0 Å². The van der Waals surface area contributed by atoms with Crippen LogP contribution in [0.2, 0.25) is 0 Å². The van der Waals surface area contributed by atoms with Gasteiger partial charge in [0.1, 0.15) is 11.4 Å². The van der Waals surface area contributed by atoms with Crippen LogP contribution < -0.4 is 5.32 Å². The maximum atomic E-state index is 11.1. The standard InChI is InChI=1S/C14H22N2O2/c1-9(2)12(10(3)4)8-16-13-11(14(17)18)6-5-7-15-13/h5-7,9-10,12H,8H2,1-4H3,(H,15,16)(H,17,18). The number of anilines is 1. The molecule has 0 amide bonds. The topological polar surface area (TPSA) is 62.2 Å². The molecule has 0 bridgehead atoms. The summed E-state index contributed by atoms with van der Waals surface area (Å²) < 4.78 is 0. The monoisotopic (exact) mass is 250 g/mol. The van der Waals surface area contributed by atoms with Gasteiger partial charge in [-0.2, -0.15) is 0 Å². The number of rotatable bonds is 6. The Balaban J connectivity index is 2.76. The van der Waals surface area contributed by atoms with Crippen molar-refractivity contribution in [2.24, 2.45) is 17.8 Å². The highest BCUT2D eigenvalue weighted by Crippen LogP contribution is 2.21. The quantitative estimate of drug-likeness (QED) is 0.814. The summed E-state index contributed by atoms with van der Waals surface area (Å²) in [5.41, 5.74) is 0.226. The number of aromatic carboxylic acids is 1. The molecule has 100 valence electrons. The lowest BCUT2D eigenvalue weighted by Crippen LogP contribution is -2.25. The molecule has 0 aliphatic rings. The van der Waals surface area contributed by atoms with Gasteiger partial charge in [-0.25, -0.2) is 9.78 Å². The Hall–Kier alpha value is -1.58. The molecule has 1 heterocycles. The zero-order chi connectivity index (χ0) is 13.7. The van der Waals surface area contributed by atoms with E-state index in [1.807, 2.05) is 0 Å². The van der Waals surface area contributed by atoms with E-state index >= 15 is 0 Å². The van der Waals surface area contributed by atoms with Crippen molar-refractivity contribution in [3.05, 3.63) is 23.9 Å². The van der Waals surface area contributed by atoms with E-state index in [0.29, 0.717) is 23.6 Å². The average Bonchev–Trinajstić information content (AvgIpc) is 2.28. The smallest absolute Gasteiger partial charge is 0.339 e. The largest absolute Gasteiger partial charge is 0.478 e. The molecule has 18 heavy (non-hydrogen) atoms. The number of carboxylic acids is 1. The molecule has 4 heteroatoms. The molecule has 1 aromatic rings. The Morgan fingerprint density at radius 3 is 2.44 bits per heavy atom. The second kappa shape index (κ2) is 6.38. The number of nitrogens with one attached hydrogen (secondary N) is 1. The van der Waals surface area contributed by atoms with Crippen LogP contribution in [0.25, 0.3) is 0 Å². The first-order chi connectivity index (χ1) is 8.43. The summed E-state index contributed by atoms with van der Waals surface area (Å²) in [6, 6.07) is 3.20. The van der Waals surface area contributed by atoms with E-state index in [-0.39, 0.29) is 5.56 Å². The Kier molecular flexibility index (Phi) is 5.13.